The first-order chi connectivity index (χ1) is 6.09. The van der Waals surface area contributed by atoms with Gasteiger partial charge in [-0.05, 0) is 6.42 Å². The van der Waals surface area contributed by atoms with E-state index in [1.165, 1.54) is 0 Å². The van der Waals surface area contributed by atoms with E-state index in [-0.39, 0.29) is 19.0 Å². The maximum Gasteiger partial charge on any atom is 0.321 e. The summed E-state index contributed by atoms with van der Waals surface area (Å²) in [4.78, 5) is 21.0. The summed E-state index contributed by atoms with van der Waals surface area (Å²) >= 11 is 0. The molecule has 1 aliphatic heterocycles. The molecule has 2 atom stereocenters. The fourth-order valence-electron chi connectivity index (χ4n) is 0.933. The van der Waals surface area contributed by atoms with Crippen LogP contribution in [0, 0.1) is 0 Å². The number of carbonyl (C=O) groups is 2. The van der Waals surface area contributed by atoms with Crippen LogP contribution in [0.1, 0.15) is 12.8 Å². The lowest BCUT2D eigenvalue weighted by molar-refractivity contribution is -0.140. The summed E-state index contributed by atoms with van der Waals surface area (Å²) in [5.74, 6) is -1.48. The second-order valence-electron chi connectivity index (χ2n) is 2.88. The van der Waals surface area contributed by atoms with Crippen molar-refractivity contribution < 1.29 is 19.3 Å². The molecular formula is C6H11BN2O4. The molecule has 4 N–H and O–H groups in total. The first-order valence-electron chi connectivity index (χ1n) is 3.98. The minimum absolute atomic E-state index is 0.0662. The molecule has 6 nitrogen and oxygen atoms in total. The molecule has 0 spiro atoms. The van der Waals surface area contributed by atoms with E-state index in [0.29, 0.717) is 7.48 Å². The molecule has 0 aromatic rings. The third-order valence-corrected chi connectivity index (χ3v) is 1.70. The van der Waals surface area contributed by atoms with Gasteiger partial charge in [0, 0.05) is 6.42 Å². The van der Waals surface area contributed by atoms with E-state index < -0.39 is 17.9 Å². The molecule has 1 rings (SSSR count). The summed E-state index contributed by atoms with van der Waals surface area (Å²) in [6.07, 6.45) is 0.0928. The van der Waals surface area contributed by atoms with Crippen LogP contribution in [-0.4, -0.2) is 36.6 Å². The fourth-order valence-corrected chi connectivity index (χ4v) is 0.933. The SMILES string of the molecule is NC(=O)CC[C@H](NC1BO1)C(=O)O. The largest absolute Gasteiger partial charge is 0.480 e. The minimum Gasteiger partial charge on any atom is -0.480 e. The van der Waals surface area contributed by atoms with Gasteiger partial charge in [0.15, 0.2) is 0 Å². The lowest BCUT2D eigenvalue weighted by atomic mass is 10.1. The molecule has 1 saturated heterocycles. The Kier molecular flexibility index (Phi) is 3.27. The van der Waals surface area contributed by atoms with Crippen molar-refractivity contribution in [3.05, 3.63) is 0 Å². The number of nitrogens with one attached hydrogen (secondary N) is 1. The van der Waals surface area contributed by atoms with E-state index in [2.05, 4.69) is 5.32 Å². The molecule has 13 heavy (non-hydrogen) atoms. The normalized spacial score (nSPS) is 21.7. The number of nitrogens with two attached hydrogens (primary N) is 1. The molecule has 72 valence electrons. The molecule has 0 saturated carbocycles. The summed E-state index contributed by atoms with van der Waals surface area (Å²) in [5, 5.41) is 11.4. The summed E-state index contributed by atoms with van der Waals surface area (Å²) < 4.78 is 4.81. The molecule has 0 aromatic heterocycles. The molecule has 1 aliphatic rings. The maximum atomic E-state index is 10.6. The number of amides is 1. The van der Waals surface area contributed by atoms with Crippen LogP contribution in [0.25, 0.3) is 0 Å². The summed E-state index contributed by atoms with van der Waals surface area (Å²) in [7, 11) is 0.528. The van der Waals surface area contributed by atoms with Gasteiger partial charge in [0.1, 0.15) is 6.04 Å². The van der Waals surface area contributed by atoms with Crippen LogP contribution in [-0.2, 0) is 14.2 Å². The quantitative estimate of drug-likeness (QED) is 0.327. The van der Waals surface area contributed by atoms with E-state index in [4.69, 9.17) is 15.5 Å². The number of primary amides is 1. The molecule has 1 amide bonds. The van der Waals surface area contributed by atoms with Crippen molar-refractivity contribution in [1.82, 2.24) is 5.32 Å². The zero-order valence-electron chi connectivity index (χ0n) is 7.03. The van der Waals surface area contributed by atoms with Crippen LogP contribution >= 0.6 is 0 Å². The van der Waals surface area contributed by atoms with Gasteiger partial charge in [0.25, 0.3) is 0 Å². The molecule has 0 radical (unpaired) electrons. The lowest BCUT2D eigenvalue weighted by Crippen LogP contribution is -2.39. The topological polar surface area (TPSA) is 105 Å². The highest BCUT2D eigenvalue weighted by molar-refractivity contribution is 6.38. The van der Waals surface area contributed by atoms with Crippen molar-refractivity contribution in [1.29, 1.82) is 0 Å². The van der Waals surface area contributed by atoms with Gasteiger partial charge in [0.2, 0.25) is 5.91 Å². The van der Waals surface area contributed by atoms with Gasteiger partial charge in [-0.25, -0.2) is 0 Å². The Bertz CT molecular complexity index is 219. The Hall–Kier alpha value is -1.08. The zero-order chi connectivity index (χ0) is 9.84. The fraction of sp³-hybridized carbons (Fsp3) is 0.667. The molecule has 1 unspecified atom stereocenters. The van der Waals surface area contributed by atoms with Crippen LogP contribution in [0.4, 0.5) is 0 Å². The van der Waals surface area contributed by atoms with Crippen molar-refractivity contribution in [2.45, 2.75) is 25.0 Å². The van der Waals surface area contributed by atoms with Gasteiger partial charge in [-0.15, -0.1) is 0 Å². The second-order valence-corrected chi connectivity index (χ2v) is 2.88. The van der Waals surface area contributed by atoms with Crippen LogP contribution in [0.2, 0.25) is 0 Å². The van der Waals surface area contributed by atoms with E-state index in [0.717, 1.165) is 0 Å². The summed E-state index contributed by atoms with van der Waals surface area (Å²) in [5.41, 5.74) is 4.90. The Morgan fingerprint density at radius 3 is 2.69 bits per heavy atom. The third-order valence-electron chi connectivity index (χ3n) is 1.70. The molecule has 0 bridgehead atoms. The maximum absolute atomic E-state index is 10.6. The number of carboxylic acid groups (broad SMARTS) is 1. The number of hydrogen-bond donors (Lipinski definition) is 3. The Morgan fingerprint density at radius 2 is 2.31 bits per heavy atom. The first kappa shape index (κ1) is 10.0. The highest BCUT2D eigenvalue weighted by atomic mass is 16.5. The number of hydrogen-bond acceptors (Lipinski definition) is 4. The number of rotatable bonds is 6. The molecular weight excluding hydrogens is 175 g/mol. The molecule has 0 aliphatic carbocycles. The van der Waals surface area contributed by atoms with Crippen molar-refractivity contribution in [2.24, 2.45) is 5.73 Å². The van der Waals surface area contributed by atoms with Crippen LogP contribution < -0.4 is 11.1 Å². The van der Waals surface area contributed by atoms with Gasteiger partial charge < -0.3 is 15.5 Å². The van der Waals surface area contributed by atoms with E-state index >= 15 is 0 Å². The average molecular weight is 186 g/mol. The predicted octanol–water partition coefficient (Wildman–Crippen LogP) is -2.04. The van der Waals surface area contributed by atoms with E-state index in [1.54, 1.807) is 0 Å². The van der Waals surface area contributed by atoms with Gasteiger partial charge in [0.05, 0.1) is 6.13 Å². The average Bonchev–Trinajstić information content (AvgIpc) is 2.80. The van der Waals surface area contributed by atoms with Crippen molar-refractivity contribution >= 4 is 19.4 Å². The first-order valence-corrected chi connectivity index (χ1v) is 3.98. The monoisotopic (exact) mass is 186 g/mol. The van der Waals surface area contributed by atoms with Gasteiger partial charge >= 0.3 is 13.5 Å². The van der Waals surface area contributed by atoms with E-state index in [9.17, 15) is 9.59 Å². The van der Waals surface area contributed by atoms with Crippen LogP contribution in [0.5, 0.6) is 0 Å². The zero-order valence-corrected chi connectivity index (χ0v) is 7.03. The van der Waals surface area contributed by atoms with Gasteiger partial charge in [-0.2, -0.15) is 0 Å². The van der Waals surface area contributed by atoms with Crippen molar-refractivity contribution in [2.75, 3.05) is 0 Å². The van der Waals surface area contributed by atoms with Crippen LogP contribution in [0.15, 0.2) is 0 Å². The minimum atomic E-state index is -0.989. The third kappa shape index (κ3) is 3.91. The molecule has 0 aromatic carbocycles. The Morgan fingerprint density at radius 1 is 1.69 bits per heavy atom. The Labute approximate surface area is 75.7 Å². The highest BCUT2D eigenvalue weighted by Crippen LogP contribution is 2.05. The van der Waals surface area contributed by atoms with Crippen LogP contribution in [0.3, 0.4) is 0 Å². The highest BCUT2D eigenvalue weighted by Gasteiger charge is 2.30. The summed E-state index contributed by atoms with van der Waals surface area (Å²) in [6.45, 7) is 0. The number of aliphatic carboxylic acids is 1. The van der Waals surface area contributed by atoms with Crippen molar-refractivity contribution in [3.63, 3.8) is 0 Å². The predicted molar refractivity (Wildman–Crippen MR) is 45.0 cm³/mol. The molecule has 1 heterocycles. The molecule has 7 heteroatoms. The smallest absolute Gasteiger partial charge is 0.321 e. The second kappa shape index (κ2) is 4.24. The number of carbonyl (C=O) groups excluding carboxylic acids is 1. The Balaban J connectivity index is 2.28. The summed E-state index contributed by atoms with van der Waals surface area (Å²) in [6, 6.07) is -0.750. The van der Waals surface area contributed by atoms with E-state index in [1.807, 2.05) is 0 Å². The lowest BCUT2D eigenvalue weighted by Gasteiger charge is -2.11. The molecule has 1 fully saturated rings. The van der Waals surface area contributed by atoms with Crippen molar-refractivity contribution in [3.8, 4) is 0 Å². The number of carboxylic acids is 1. The van der Waals surface area contributed by atoms with Gasteiger partial charge in [-0.3, -0.25) is 14.9 Å². The van der Waals surface area contributed by atoms with Gasteiger partial charge in [-0.1, -0.05) is 0 Å². The standard InChI is InChI=1S/C6H11BN2O4/c8-4(10)2-1-3(5(11)12)9-6-7-13-6/h3,6-7,9H,1-2H2,(H2,8,10)(H,11,12)/t3-,6?/m0/s1.